The number of carbonyl (C=O) groups is 1. The Hall–Kier alpha value is -6.03. The zero-order chi connectivity index (χ0) is 32.4. The molecule has 0 unspecified atom stereocenters. The minimum atomic E-state index is -0.718. The molecule has 10 heteroatoms. The molecule has 10 nitrogen and oxygen atoms in total. The molecule has 232 valence electrons. The van der Waals surface area contributed by atoms with Crippen molar-refractivity contribution in [2.45, 2.75) is 6.61 Å². The van der Waals surface area contributed by atoms with E-state index in [0.29, 0.717) is 56.3 Å². The highest BCUT2D eigenvalue weighted by Gasteiger charge is 2.27. The first-order chi connectivity index (χ1) is 22.4. The smallest absolute Gasteiger partial charge is 0.355 e. The predicted molar refractivity (Wildman–Crippen MR) is 176 cm³/mol. The Morgan fingerprint density at radius 2 is 1.52 bits per heavy atom. The maximum absolute atomic E-state index is 14.4. The molecule has 0 aliphatic heterocycles. The number of fused-ring (bicyclic) bond motifs is 2. The molecule has 2 heterocycles. The summed E-state index contributed by atoms with van der Waals surface area (Å²) < 4.78 is 29.6. The van der Waals surface area contributed by atoms with Crippen LogP contribution in [-0.4, -0.2) is 44.0 Å². The van der Waals surface area contributed by atoms with Crippen LogP contribution in [0.4, 0.5) is 5.69 Å². The molecule has 0 spiro atoms. The van der Waals surface area contributed by atoms with Gasteiger partial charge < -0.3 is 29.4 Å². The average Bonchev–Trinajstić information content (AvgIpc) is 3.10. The van der Waals surface area contributed by atoms with Crippen molar-refractivity contribution in [1.82, 2.24) is 9.55 Å². The molecule has 0 aliphatic carbocycles. The van der Waals surface area contributed by atoms with E-state index in [9.17, 15) is 9.59 Å². The summed E-state index contributed by atoms with van der Waals surface area (Å²) in [6.07, 6.45) is 1.74. The van der Waals surface area contributed by atoms with Crippen LogP contribution in [-0.2, 0) is 11.3 Å². The van der Waals surface area contributed by atoms with Gasteiger partial charge in [-0.1, -0.05) is 18.2 Å². The molecule has 6 aromatic rings. The molecule has 6 rings (SSSR count). The molecule has 0 fully saturated rings. The zero-order valence-electron chi connectivity index (χ0n) is 25.7. The predicted octanol–water partition coefficient (Wildman–Crippen LogP) is 6.18. The summed E-state index contributed by atoms with van der Waals surface area (Å²) in [5, 5.41) is 1.78. The molecule has 2 aromatic heterocycles. The van der Waals surface area contributed by atoms with Crippen molar-refractivity contribution in [2.24, 2.45) is 0 Å². The largest absolute Gasteiger partial charge is 0.493 e. The molecule has 4 aromatic carbocycles. The number of nitrogen functional groups attached to an aromatic ring is 1. The first-order valence-corrected chi connectivity index (χ1v) is 14.3. The summed E-state index contributed by atoms with van der Waals surface area (Å²) in [5.41, 5.74) is 9.21. The van der Waals surface area contributed by atoms with Crippen molar-refractivity contribution in [1.29, 1.82) is 0 Å². The minimum absolute atomic E-state index is 0.0102. The van der Waals surface area contributed by atoms with Crippen molar-refractivity contribution in [2.75, 3.05) is 34.2 Å². The van der Waals surface area contributed by atoms with E-state index in [1.807, 2.05) is 30.3 Å². The summed E-state index contributed by atoms with van der Waals surface area (Å²) in [6.45, 7) is 0.251. The van der Waals surface area contributed by atoms with Crippen LogP contribution in [0.2, 0.25) is 0 Å². The fourth-order valence-electron chi connectivity index (χ4n) is 5.59. The van der Waals surface area contributed by atoms with E-state index < -0.39 is 11.5 Å². The van der Waals surface area contributed by atoms with Crippen LogP contribution in [0, 0.1) is 0 Å². The van der Waals surface area contributed by atoms with E-state index in [2.05, 4.69) is 4.98 Å². The fourth-order valence-corrected chi connectivity index (χ4v) is 5.59. The zero-order valence-corrected chi connectivity index (χ0v) is 25.7. The lowest BCUT2D eigenvalue weighted by Gasteiger charge is -2.21. The number of pyridine rings is 2. The summed E-state index contributed by atoms with van der Waals surface area (Å²) in [4.78, 5) is 32.4. The lowest BCUT2D eigenvalue weighted by Crippen LogP contribution is -2.27. The molecule has 0 aliphatic rings. The molecule has 46 heavy (non-hydrogen) atoms. The third kappa shape index (κ3) is 5.30. The van der Waals surface area contributed by atoms with Gasteiger partial charge in [0.2, 0.25) is 5.75 Å². The Kier molecular flexibility index (Phi) is 8.17. The SMILES string of the molecule is COC(=O)c1c(-c2cc(OC)c(OC)c(OC)c2)c2ccc(OCc3ccnc4ccccc34)cc2c(=O)n1-c1ccc(N)cc1. The monoisotopic (exact) mass is 617 g/mol. The first-order valence-electron chi connectivity index (χ1n) is 14.3. The van der Waals surface area contributed by atoms with E-state index in [1.54, 1.807) is 60.8 Å². The molecule has 0 saturated carbocycles. The maximum atomic E-state index is 14.4. The van der Waals surface area contributed by atoms with Crippen LogP contribution < -0.4 is 30.2 Å². The van der Waals surface area contributed by atoms with Gasteiger partial charge in [-0.05, 0) is 77.7 Å². The number of methoxy groups -OCH3 is 4. The highest BCUT2D eigenvalue weighted by atomic mass is 16.5. The van der Waals surface area contributed by atoms with Gasteiger partial charge in [0, 0.05) is 34.1 Å². The lowest BCUT2D eigenvalue weighted by atomic mass is 9.95. The third-order valence-electron chi connectivity index (χ3n) is 7.77. The van der Waals surface area contributed by atoms with Gasteiger partial charge in [-0.15, -0.1) is 0 Å². The number of benzene rings is 4. The Labute approximate surface area is 264 Å². The van der Waals surface area contributed by atoms with Crippen molar-refractivity contribution in [3.8, 4) is 39.8 Å². The number of anilines is 1. The number of carbonyl (C=O) groups excluding carboxylic acids is 1. The highest BCUT2D eigenvalue weighted by Crippen LogP contribution is 2.44. The highest BCUT2D eigenvalue weighted by molar-refractivity contribution is 6.08. The van der Waals surface area contributed by atoms with Crippen LogP contribution >= 0.6 is 0 Å². The Bertz CT molecular complexity index is 2130. The van der Waals surface area contributed by atoms with Gasteiger partial charge in [0.1, 0.15) is 18.1 Å². The quantitative estimate of drug-likeness (QED) is 0.150. The summed E-state index contributed by atoms with van der Waals surface area (Å²) >= 11 is 0. The minimum Gasteiger partial charge on any atom is -0.493 e. The maximum Gasteiger partial charge on any atom is 0.355 e. The van der Waals surface area contributed by atoms with Gasteiger partial charge in [0.25, 0.3) is 5.56 Å². The number of para-hydroxylation sites is 1. The van der Waals surface area contributed by atoms with Gasteiger partial charge in [-0.2, -0.15) is 0 Å². The van der Waals surface area contributed by atoms with Crippen molar-refractivity contribution in [3.05, 3.63) is 113 Å². The number of hydrogen-bond donors (Lipinski definition) is 1. The van der Waals surface area contributed by atoms with Crippen LogP contribution in [0.25, 0.3) is 38.5 Å². The fraction of sp³-hybridized carbons (Fsp3) is 0.139. The second-order valence-corrected chi connectivity index (χ2v) is 10.3. The number of esters is 1. The number of hydrogen-bond acceptors (Lipinski definition) is 9. The van der Waals surface area contributed by atoms with Gasteiger partial charge in [0.05, 0.1) is 39.3 Å². The number of nitrogens with zero attached hydrogens (tertiary/aromatic N) is 2. The van der Waals surface area contributed by atoms with Crippen molar-refractivity contribution >= 4 is 33.3 Å². The molecule has 0 amide bonds. The lowest BCUT2D eigenvalue weighted by molar-refractivity contribution is 0.0591. The summed E-state index contributed by atoms with van der Waals surface area (Å²) in [5.74, 6) is 0.871. The topological polar surface area (TPSA) is 124 Å². The van der Waals surface area contributed by atoms with E-state index in [4.69, 9.17) is 29.4 Å². The van der Waals surface area contributed by atoms with Crippen molar-refractivity contribution < 1.29 is 28.5 Å². The molecular weight excluding hydrogens is 586 g/mol. The Morgan fingerprint density at radius 1 is 0.804 bits per heavy atom. The van der Waals surface area contributed by atoms with E-state index in [-0.39, 0.29) is 12.3 Å². The normalized spacial score (nSPS) is 11.0. The third-order valence-corrected chi connectivity index (χ3v) is 7.77. The molecule has 0 saturated heterocycles. The van der Waals surface area contributed by atoms with E-state index in [1.165, 1.54) is 33.0 Å². The van der Waals surface area contributed by atoms with Gasteiger partial charge in [-0.3, -0.25) is 14.3 Å². The van der Waals surface area contributed by atoms with E-state index >= 15 is 0 Å². The van der Waals surface area contributed by atoms with Crippen LogP contribution in [0.15, 0.2) is 95.9 Å². The Morgan fingerprint density at radius 3 is 2.20 bits per heavy atom. The van der Waals surface area contributed by atoms with Crippen LogP contribution in [0.1, 0.15) is 16.1 Å². The van der Waals surface area contributed by atoms with Gasteiger partial charge >= 0.3 is 5.97 Å². The van der Waals surface area contributed by atoms with Gasteiger partial charge in [-0.25, -0.2) is 4.79 Å². The average molecular weight is 618 g/mol. The Balaban J connectivity index is 1.62. The standard InChI is InChI=1S/C36H31N3O7/c1-42-30-17-22(18-31(43-2)34(30)44-3)32-27-14-13-25(46-20-21-15-16-38-29-8-6-5-7-26(21)29)19-28(27)35(40)39(33(32)36(41)45-4)24-11-9-23(37)10-12-24/h5-19H,20,37H2,1-4H3. The number of ether oxygens (including phenoxy) is 5. The van der Waals surface area contributed by atoms with Crippen molar-refractivity contribution in [3.63, 3.8) is 0 Å². The van der Waals surface area contributed by atoms with Crippen LogP contribution in [0.5, 0.6) is 23.0 Å². The van der Waals surface area contributed by atoms with Gasteiger partial charge in [0.15, 0.2) is 11.5 Å². The summed E-state index contributed by atoms with van der Waals surface area (Å²) in [7, 11) is 5.78. The number of aromatic nitrogens is 2. The second kappa shape index (κ2) is 12.5. The molecule has 0 bridgehead atoms. The molecule has 0 atom stereocenters. The summed E-state index contributed by atoms with van der Waals surface area (Å²) in [6, 6.07) is 25.0. The molecule has 2 N–H and O–H groups in total. The van der Waals surface area contributed by atoms with Crippen LogP contribution in [0.3, 0.4) is 0 Å². The van der Waals surface area contributed by atoms with E-state index in [0.717, 1.165) is 16.5 Å². The number of rotatable bonds is 9. The molecular formula is C36H31N3O7. The second-order valence-electron chi connectivity index (χ2n) is 10.3. The molecule has 0 radical (unpaired) electrons. The number of nitrogens with two attached hydrogens (primary N) is 1. The first kappa shape index (κ1) is 30.0.